The number of thiophene rings is 1. The van der Waals surface area contributed by atoms with Crippen molar-refractivity contribution in [1.29, 1.82) is 0 Å². The van der Waals surface area contributed by atoms with Crippen LogP contribution in [0.25, 0.3) is 9.75 Å². The van der Waals surface area contributed by atoms with Crippen molar-refractivity contribution < 1.29 is 0 Å². The number of piperidine rings is 1. The first-order valence-electron chi connectivity index (χ1n) is 9.27. The molecule has 1 N–H and O–H groups in total. The molecular formula is C21H25N3S2. The molecule has 5 heteroatoms. The van der Waals surface area contributed by atoms with E-state index in [4.69, 9.17) is 0 Å². The monoisotopic (exact) mass is 383 g/mol. The Morgan fingerprint density at radius 2 is 1.85 bits per heavy atom. The number of hydrogen-bond acceptors (Lipinski definition) is 5. The van der Waals surface area contributed by atoms with Crippen LogP contribution in [-0.4, -0.2) is 29.0 Å². The van der Waals surface area contributed by atoms with Crippen LogP contribution in [0.5, 0.6) is 0 Å². The van der Waals surface area contributed by atoms with Crippen LogP contribution < -0.4 is 5.32 Å². The van der Waals surface area contributed by atoms with Crippen LogP contribution >= 0.6 is 22.7 Å². The average Bonchev–Trinajstić information content (AvgIpc) is 3.31. The third-order valence-electron chi connectivity index (χ3n) is 4.92. The SMILES string of the molecule is Cc1ccc(-c2cnc(CNC3CCN(Cc4ccccc4)CC3)s2)s1. The highest BCUT2D eigenvalue weighted by Crippen LogP contribution is 2.32. The molecule has 0 saturated carbocycles. The number of thiazole rings is 1. The molecule has 26 heavy (non-hydrogen) atoms. The molecular weight excluding hydrogens is 358 g/mol. The number of nitrogens with one attached hydrogen (secondary N) is 1. The summed E-state index contributed by atoms with van der Waals surface area (Å²) in [5, 5.41) is 4.91. The number of aryl methyl sites for hydroxylation is 1. The van der Waals surface area contributed by atoms with Gasteiger partial charge in [0.2, 0.25) is 0 Å². The molecule has 2 aromatic heterocycles. The lowest BCUT2D eigenvalue weighted by Gasteiger charge is -2.32. The van der Waals surface area contributed by atoms with Crippen molar-refractivity contribution in [2.24, 2.45) is 0 Å². The Kier molecular flexibility index (Phi) is 5.80. The van der Waals surface area contributed by atoms with Crippen molar-refractivity contribution in [1.82, 2.24) is 15.2 Å². The Bertz CT molecular complexity index is 817. The van der Waals surface area contributed by atoms with Gasteiger partial charge in [0, 0.05) is 35.1 Å². The van der Waals surface area contributed by atoms with E-state index >= 15 is 0 Å². The topological polar surface area (TPSA) is 28.2 Å². The maximum atomic E-state index is 4.61. The van der Waals surface area contributed by atoms with Gasteiger partial charge in [-0.25, -0.2) is 4.98 Å². The molecule has 0 spiro atoms. The van der Waals surface area contributed by atoms with Crippen LogP contribution in [0.15, 0.2) is 48.7 Å². The van der Waals surface area contributed by atoms with E-state index < -0.39 is 0 Å². The summed E-state index contributed by atoms with van der Waals surface area (Å²) in [6, 6.07) is 15.8. The number of hydrogen-bond donors (Lipinski definition) is 1. The standard InChI is InChI=1S/C21H25N3S2/c1-16-7-8-19(25-16)20-13-23-21(26-20)14-22-18-9-11-24(12-10-18)15-17-5-3-2-4-6-17/h2-8,13,18,22H,9-12,14-15H2,1H3. The summed E-state index contributed by atoms with van der Waals surface area (Å²) in [5.41, 5.74) is 1.41. The Morgan fingerprint density at radius 3 is 2.58 bits per heavy atom. The quantitative estimate of drug-likeness (QED) is 0.654. The van der Waals surface area contributed by atoms with Gasteiger partial charge in [-0.15, -0.1) is 22.7 Å². The summed E-state index contributed by atoms with van der Waals surface area (Å²) in [5.74, 6) is 0. The van der Waals surface area contributed by atoms with E-state index in [0.29, 0.717) is 6.04 Å². The van der Waals surface area contributed by atoms with Crippen molar-refractivity contribution in [3.8, 4) is 9.75 Å². The lowest BCUT2D eigenvalue weighted by molar-refractivity contribution is 0.190. The fourth-order valence-corrected chi connectivity index (χ4v) is 5.25. The molecule has 0 amide bonds. The zero-order chi connectivity index (χ0) is 17.8. The highest BCUT2D eigenvalue weighted by atomic mass is 32.1. The van der Waals surface area contributed by atoms with E-state index in [-0.39, 0.29) is 0 Å². The molecule has 0 unspecified atom stereocenters. The van der Waals surface area contributed by atoms with Crippen LogP contribution in [0.1, 0.15) is 28.3 Å². The third kappa shape index (κ3) is 4.60. The van der Waals surface area contributed by atoms with Gasteiger partial charge >= 0.3 is 0 Å². The molecule has 0 radical (unpaired) electrons. The van der Waals surface area contributed by atoms with Gasteiger partial charge < -0.3 is 5.32 Å². The molecule has 1 saturated heterocycles. The smallest absolute Gasteiger partial charge is 0.107 e. The van der Waals surface area contributed by atoms with Gasteiger partial charge in [-0.05, 0) is 50.6 Å². The van der Waals surface area contributed by atoms with Crippen LogP contribution in [0.3, 0.4) is 0 Å². The van der Waals surface area contributed by atoms with Gasteiger partial charge in [0.1, 0.15) is 5.01 Å². The Morgan fingerprint density at radius 1 is 1.04 bits per heavy atom. The summed E-state index contributed by atoms with van der Waals surface area (Å²) in [7, 11) is 0. The molecule has 1 aliphatic heterocycles. The van der Waals surface area contributed by atoms with Crippen LogP contribution in [-0.2, 0) is 13.1 Å². The molecule has 1 aliphatic rings. The minimum absolute atomic E-state index is 0.610. The van der Waals surface area contributed by atoms with Crippen molar-refractivity contribution in [3.63, 3.8) is 0 Å². The number of nitrogens with zero attached hydrogens (tertiary/aromatic N) is 2. The first-order chi connectivity index (χ1) is 12.8. The van der Waals surface area contributed by atoms with E-state index in [0.717, 1.165) is 13.1 Å². The Balaban J connectivity index is 1.23. The van der Waals surface area contributed by atoms with Crippen LogP contribution in [0.4, 0.5) is 0 Å². The Hall–Kier alpha value is -1.53. The summed E-state index contributed by atoms with van der Waals surface area (Å²) < 4.78 is 0. The summed E-state index contributed by atoms with van der Waals surface area (Å²) in [6.07, 6.45) is 4.46. The van der Waals surface area contributed by atoms with Crippen LogP contribution in [0, 0.1) is 6.92 Å². The molecule has 0 aliphatic carbocycles. The van der Waals surface area contributed by atoms with Crippen molar-refractivity contribution in [2.75, 3.05) is 13.1 Å². The van der Waals surface area contributed by atoms with E-state index in [1.165, 1.54) is 51.1 Å². The molecule has 4 rings (SSSR count). The van der Waals surface area contributed by atoms with Crippen LogP contribution in [0.2, 0.25) is 0 Å². The molecule has 3 heterocycles. The number of benzene rings is 1. The molecule has 3 nitrogen and oxygen atoms in total. The molecule has 136 valence electrons. The second kappa shape index (κ2) is 8.44. The van der Waals surface area contributed by atoms with Crippen molar-refractivity contribution in [3.05, 3.63) is 64.1 Å². The fraction of sp³-hybridized carbons (Fsp3) is 0.381. The molecule has 0 bridgehead atoms. The van der Waals surface area contributed by atoms with Gasteiger partial charge in [0.25, 0.3) is 0 Å². The highest BCUT2D eigenvalue weighted by molar-refractivity contribution is 7.21. The zero-order valence-electron chi connectivity index (χ0n) is 15.1. The zero-order valence-corrected chi connectivity index (χ0v) is 16.8. The number of aromatic nitrogens is 1. The molecule has 3 aromatic rings. The van der Waals surface area contributed by atoms with Crippen molar-refractivity contribution >= 4 is 22.7 Å². The fourth-order valence-electron chi connectivity index (χ4n) is 3.44. The summed E-state index contributed by atoms with van der Waals surface area (Å²) in [6.45, 7) is 6.46. The lowest BCUT2D eigenvalue weighted by atomic mass is 10.0. The van der Waals surface area contributed by atoms with Gasteiger partial charge in [-0.1, -0.05) is 30.3 Å². The number of likely N-dealkylation sites (tertiary alicyclic amines) is 1. The summed E-state index contributed by atoms with van der Waals surface area (Å²) in [4.78, 5) is 11.2. The second-order valence-corrected chi connectivity index (χ2v) is 9.35. The van der Waals surface area contributed by atoms with E-state index in [9.17, 15) is 0 Å². The van der Waals surface area contributed by atoms with E-state index in [1.54, 1.807) is 0 Å². The van der Waals surface area contributed by atoms with Gasteiger partial charge in [-0.3, -0.25) is 4.90 Å². The summed E-state index contributed by atoms with van der Waals surface area (Å²) >= 11 is 3.66. The second-order valence-electron chi connectivity index (χ2n) is 6.95. The highest BCUT2D eigenvalue weighted by Gasteiger charge is 2.19. The first kappa shape index (κ1) is 17.9. The third-order valence-corrected chi connectivity index (χ3v) is 7.11. The molecule has 1 fully saturated rings. The molecule has 0 atom stereocenters. The van der Waals surface area contributed by atoms with E-state index in [2.05, 4.69) is 64.6 Å². The Labute approximate surface area is 163 Å². The van der Waals surface area contributed by atoms with Gasteiger partial charge in [0.15, 0.2) is 0 Å². The maximum absolute atomic E-state index is 4.61. The van der Waals surface area contributed by atoms with Gasteiger partial charge in [-0.2, -0.15) is 0 Å². The predicted molar refractivity (Wildman–Crippen MR) is 112 cm³/mol. The lowest BCUT2D eigenvalue weighted by Crippen LogP contribution is -2.41. The van der Waals surface area contributed by atoms with Gasteiger partial charge in [0.05, 0.1) is 4.88 Å². The van der Waals surface area contributed by atoms with E-state index in [1.807, 2.05) is 28.9 Å². The average molecular weight is 384 g/mol. The van der Waals surface area contributed by atoms with Crippen molar-refractivity contribution in [2.45, 2.75) is 38.9 Å². The number of rotatable bonds is 6. The maximum Gasteiger partial charge on any atom is 0.107 e. The predicted octanol–water partition coefficient (Wildman–Crippen LogP) is 4.93. The first-order valence-corrected chi connectivity index (χ1v) is 10.9. The normalized spacial score (nSPS) is 16.2. The minimum Gasteiger partial charge on any atom is -0.308 e. The largest absolute Gasteiger partial charge is 0.308 e. The molecule has 1 aromatic carbocycles. The minimum atomic E-state index is 0.610.